The predicted octanol–water partition coefficient (Wildman–Crippen LogP) is 2.71. The van der Waals surface area contributed by atoms with Gasteiger partial charge in [-0.15, -0.1) is 0 Å². The van der Waals surface area contributed by atoms with Crippen molar-refractivity contribution < 1.29 is 10.0 Å². The third-order valence-corrected chi connectivity index (χ3v) is 2.90. The Hall–Kier alpha value is -2.04. The van der Waals surface area contributed by atoms with Crippen LogP contribution in [0.25, 0.3) is 6.08 Å². The molecule has 2 rings (SSSR count). The molecule has 2 N–H and O–H groups in total. The van der Waals surface area contributed by atoms with E-state index in [1.807, 2.05) is 47.2 Å². The Balaban J connectivity index is 2.13. The topological polar surface area (TPSA) is 54.3 Å². The molecule has 1 heterocycles. The molecule has 98 valence electrons. The summed E-state index contributed by atoms with van der Waals surface area (Å²) in [4.78, 5) is 10.9. The van der Waals surface area contributed by atoms with E-state index in [9.17, 15) is 4.79 Å². The highest BCUT2D eigenvalue weighted by Gasteiger charge is 2.00. The van der Waals surface area contributed by atoms with Crippen molar-refractivity contribution in [2.24, 2.45) is 0 Å². The molecule has 1 amide bonds. The van der Waals surface area contributed by atoms with Gasteiger partial charge >= 0.3 is 0 Å². The molecule has 4 nitrogen and oxygen atoms in total. The van der Waals surface area contributed by atoms with Crippen molar-refractivity contribution in [3.8, 4) is 0 Å². The van der Waals surface area contributed by atoms with Gasteiger partial charge in [-0.05, 0) is 35.9 Å². The van der Waals surface area contributed by atoms with E-state index in [1.165, 1.54) is 6.08 Å². The average Bonchev–Trinajstić information content (AvgIpc) is 2.86. The first kappa shape index (κ1) is 13.4. The summed E-state index contributed by atoms with van der Waals surface area (Å²) >= 11 is 5.84. The lowest BCUT2D eigenvalue weighted by atomic mass is 10.2. The van der Waals surface area contributed by atoms with Crippen molar-refractivity contribution in [2.45, 2.75) is 6.54 Å². The fourth-order valence-electron chi connectivity index (χ4n) is 1.71. The molecule has 0 aliphatic heterocycles. The van der Waals surface area contributed by atoms with E-state index in [2.05, 4.69) is 0 Å². The molecule has 0 saturated carbocycles. The van der Waals surface area contributed by atoms with E-state index in [-0.39, 0.29) is 0 Å². The second-order valence-corrected chi connectivity index (χ2v) is 4.43. The summed E-state index contributed by atoms with van der Waals surface area (Å²) in [5.74, 6) is -0.556. The number of nitrogens with one attached hydrogen (secondary N) is 1. The van der Waals surface area contributed by atoms with Gasteiger partial charge in [0.05, 0.1) is 0 Å². The Kier molecular flexibility index (Phi) is 4.39. The van der Waals surface area contributed by atoms with Crippen molar-refractivity contribution in [1.29, 1.82) is 0 Å². The smallest absolute Gasteiger partial charge is 0.267 e. The van der Waals surface area contributed by atoms with Gasteiger partial charge in [0.25, 0.3) is 5.91 Å². The third-order valence-electron chi connectivity index (χ3n) is 2.65. The molecule has 0 fully saturated rings. The molecular weight excluding hydrogens is 264 g/mol. The maximum Gasteiger partial charge on any atom is 0.267 e. The van der Waals surface area contributed by atoms with Crippen molar-refractivity contribution in [2.75, 3.05) is 0 Å². The van der Waals surface area contributed by atoms with E-state index < -0.39 is 5.91 Å². The molecule has 0 aliphatic rings. The number of halogens is 1. The van der Waals surface area contributed by atoms with Gasteiger partial charge < -0.3 is 4.57 Å². The van der Waals surface area contributed by atoms with Gasteiger partial charge in [0.2, 0.25) is 0 Å². The zero-order valence-corrected chi connectivity index (χ0v) is 10.8. The predicted molar refractivity (Wildman–Crippen MR) is 73.9 cm³/mol. The molecule has 1 aromatic heterocycles. The van der Waals surface area contributed by atoms with Crippen LogP contribution in [0.4, 0.5) is 0 Å². The van der Waals surface area contributed by atoms with Crippen molar-refractivity contribution in [1.82, 2.24) is 10.0 Å². The molecule has 19 heavy (non-hydrogen) atoms. The molecule has 2 aromatic rings. The van der Waals surface area contributed by atoms with Crippen LogP contribution in [0.1, 0.15) is 11.3 Å². The molecule has 0 unspecified atom stereocenters. The molecule has 0 spiro atoms. The zero-order chi connectivity index (χ0) is 13.7. The standard InChI is InChI=1S/C14H13ClN2O2/c15-12-5-3-11(4-6-12)10-17-9-1-2-13(17)7-8-14(18)16-19/h1-9,19H,10H2,(H,16,18). The first-order chi connectivity index (χ1) is 9.19. The van der Waals surface area contributed by atoms with Crippen molar-refractivity contribution in [3.63, 3.8) is 0 Å². The first-order valence-electron chi connectivity index (χ1n) is 5.71. The second kappa shape index (κ2) is 6.22. The lowest BCUT2D eigenvalue weighted by Crippen LogP contribution is -2.15. The Morgan fingerprint density at radius 2 is 2.05 bits per heavy atom. The molecular formula is C14H13ClN2O2. The highest BCUT2D eigenvalue weighted by atomic mass is 35.5. The highest BCUT2D eigenvalue weighted by Crippen LogP contribution is 2.13. The van der Waals surface area contributed by atoms with E-state index in [1.54, 1.807) is 11.6 Å². The highest BCUT2D eigenvalue weighted by molar-refractivity contribution is 6.30. The number of carbonyl (C=O) groups is 1. The second-order valence-electron chi connectivity index (χ2n) is 4.00. The van der Waals surface area contributed by atoms with Crippen LogP contribution in [-0.4, -0.2) is 15.7 Å². The van der Waals surface area contributed by atoms with E-state index in [0.29, 0.717) is 11.6 Å². The largest absolute Gasteiger partial charge is 0.344 e. The van der Waals surface area contributed by atoms with Crippen LogP contribution in [0.5, 0.6) is 0 Å². The lowest BCUT2D eigenvalue weighted by Gasteiger charge is -2.06. The Labute approximate surface area is 115 Å². The molecule has 0 aliphatic carbocycles. The SMILES string of the molecule is O=C(C=Cc1cccn1Cc1ccc(Cl)cc1)NO. The summed E-state index contributed by atoms with van der Waals surface area (Å²) in [7, 11) is 0. The minimum Gasteiger partial charge on any atom is -0.344 e. The molecule has 0 saturated heterocycles. The number of nitrogens with zero attached hydrogens (tertiary/aromatic N) is 1. The zero-order valence-electron chi connectivity index (χ0n) is 10.1. The summed E-state index contributed by atoms with van der Waals surface area (Å²) in [5, 5.41) is 9.13. The number of hydrogen-bond donors (Lipinski definition) is 2. The van der Waals surface area contributed by atoms with Crippen LogP contribution < -0.4 is 5.48 Å². The number of aromatic nitrogens is 1. The summed E-state index contributed by atoms with van der Waals surface area (Å²) in [5.41, 5.74) is 3.54. The number of hydroxylamine groups is 1. The maximum absolute atomic E-state index is 10.9. The number of benzene rings is 1. The van der Waals surface area contributed by atoms with Gasteiger partial charge in [0, 0.05) is 29.5 Å². The normalized spacial score (nSPS) is 10.8. The molecule has 0 radical (unpaired) electrons. The minimum absolute atomic E-state index is 0.556. The fourth-order valence-corrected chi connectivity index (χ4v) is 1.83. The Morgan fingerprint density at radius 1 is 1.32 bits per heavy atom. The number of hydrogen-bond acceptors (Lipinski definition) is 2. The van der Waals surface area contributed by atoms with Gasteiger partial charge in [-0.2, -0.15) is 0 Å². The molecule has 1 aromatic carbocycles. The number of amides is 1. The monoisotopic (exact) mass is 276 g/mol. The van der Waals surface area contributed by atoms with Crippen LogP contribution >= 0.6 is 11.6 Å². The van der Waals surface area contributed by atoms with E-state index in [0.717, 1.165) is 11.3 Å². The first-order valence-corrected chi connectivity index (χ1v) is 6.08. The van der Waals surface area contributed by atoms with Crippen LogP contribution in [-0.2, 0) is 11.3 Å². The summed E-state index contributed by atoms with van der Waals surface area (Å²) < 4.78 is 1.99. The minimum atomic E-state index is -0.556. The molecule has 0 bridgehead atoms. The Bertz CT molecular complexity index is 588. The van der Waals surface area contributed by atoms with Crippen LogP contribution in [0.15, 0.2) is 48.7 Å². The summed E-state index contributed by atoms with van der Waals surface area (Å²) in [6.07, 6.45) is 4.83. The van der Waals surface area contributed by atoms with Crippen molar-refractivity contribution in [3.05, 3.63) is 65.0 Å². The van der Waals surface area contributed by atoms with Crippen LogP contribution in [0, 0.1) is 0 Å². The van der Waals surface area contributed by atoms with Gasteiger partial charge in [-0.25, -0.2) is 5.48 Å². The number of rotatable bonds is 4. The maximum atomic E-state index is 10.9. The fraction of sp³-hybridized carbons (Fsp3) is 0.0714. The Morgan fingerprint density at radius 3 is 2.74 bits per heavy atom. The van der Waals surface area contributed by atoms with Gasteiger partial charge in [0.15, 0.2) is 0 Å². The van der Waals surface area contributed by atoms with Gasteiger partial charge in [0.1, 0.15) is 0 Å². The van der Waals surface area contributed by atoms with Crippen LogP contribution in [0.3, 0.4) is 0 Å². The van der Waals surface area contributed by atoms with E-state index in [4.69, 9.17) is 16.8 Å². The van der Waals surface area contributed by atoms with Gasteiger partial charge in [-0.3, -0.25) is 10.0 Å². The van der Waals surface area contributed by atoms with Crippen molar-refractivity contribution >= 4 is 23.6 Å². The molecule has 5 heteroatoms. The van der Waals surface area contributed by atoms with E-state index >= 15 is 0 Å². The summed E-state index contributed by atoms with van der Waals surface area (Å²) in [6.45, 7) is 0.685. The molecule has 0 atom stereocenters. The lowest BCUT2D eigenvalue weighted by molar-refractivity contribution is -0.124. The number of carbonyl (C=O) groups excluding carboxylic acids is 1. The quantitative estimate of drug-likeness (QED) is 0.512. The summed E-state index contributed by atoms with van der Waals surface area (Å²) in [6, 6.07) is 11.4. The van der Waals surface area contributed by atoms with Gasteiger partial charge in [-0.1, -0.05) is 23.7 Å². The average molecular weight is 277 g/mol. The van der Waals surface area contributed by atoms with Crippen LogP contribution in [0.2, 0.25) is 5.02 Å². The third kappa shape index (κ3) is 3.71.